The number of hydrogen-bond acceptors (Lipinski definition) is 4. The van der Waals surface area contributed by atoms with Gasteiger partial charge in [-0.3, -0.25) is 4.79 Å². The van der Waals surface area contributed by atoms with Gasteiger partial charge in [-0.15, -0.1) is 0 Å². The van der Waals surface area contributed by atoms with Crippen molar-refractivity contribution in [1.29, 1.82) is 0 Å². The lowest BCUT2D eigenvalue weighted by Crippen LogP contribution is -2.43. The van der Waals surface area contributed by atoms with Gasteiger partial charge in [-0.05, 0) is 31.5 Å². The largest absolute Gasteiger partial charge is 0.359 e. The van der Waals surface area contributed by atoms with Crippen LogP contribution in [-0.4, -0.2) is 27.9 Å². The van der Waals surface area contributed by atoms with Gasteiger partial charge in [0.05, 0.1) is 10.3 Å². The fourth-order valence-corrected chi connectivity index (χ4v) is 2.90. The van der Waals surface area contributed by atoms with Crippen molar-refractivity contribution in [2.24, 2.45) is 11.1 Å². The Morgan fingerprint density at radius 3 is 2.55 bits per heavy atom. The fraction of sp³-hybridized carbons (Fsp3) is 0.462. The minimum absolute atomic E-state index is 0.0157. The lowest BCUT2D eigenvalue weighted by Gasteiger charge is -2.22. The van der Waals surface area contributed by atoms with E-state index in [9.17, 15) is 13.2 Å². The normalized spacial score (nSPS) is 12.2. The van der Waals surface area contributed by atoms with Gasteiger partial charge >= 0.3 is 0 Å². The molecule has 0 saturated heterocycles. The molecule has 0 spiro atoms. The lowest BCUT2D eigenvalue weighted by molar-refractivity contribution is -0.128. The molecule has 0 aliphatic heterocycles. The van der Waals surface area contributed by atoms with E-state index in [1.165, 1.54) is 19.2 Å². The molecular formula is C13H21N3O3S. The first-order chi connectivity index (χ1) is 9.23. The number of hydrogen-bond donors (Lipinski definition) is 3. The van der Waals surface area contributed by atoms with Gasteiger partial charge in [0.25, 0.3) is 0 Å². The highest BCUT2D eigenvalue weighted by molar-refractivity contribution is 7.89. The Bertz CT molecular complexity index is 582. The molecule has 1 rings (SSSR count). The van der Waals surface area contributed by atoms with Gasteiger partial charge in [0, 0.05) is 20.1 Å². The molecule has 0 unspecified atom stereocenters. The van der Waals surface area contributed by atoms with E-state index in [2.05, 4.69) is 10.0 Å². The van der Waals surface area contributed by atoms with Crippen molar-refractivity contribution in [3.8, 4) is 0 Å². The van der Waals surface area contributed by atoms with Gasteiger partial charge in [0.15, 0.2) is 0 Å². The predicted octanol–water partition coefficient (Wildman–Crippen LogP) is 0.196. The summed E-state index contributed by atoms with van der Waals surface area (Å²) in [5.74, 6) is -0.226. The number of benzene rings is 1. The molecule has 20 heavy (non-hydrogen) atoms. The minimum Gasteiger partial charge on any atom is -0.359 e. The number of carbonyl (C=O) groups is 1. The molecule has 0 radical (unpaired) electrons. The predicted molar refractivity (Wildman–Crippen MR) is 77.4 cm³/mol. The Morgan fingerprint density at radius 2 is 2.00 bits per heavy atom. The zero-order chi connectivity index (χ0) is 15.4. The molecule has 6 nitrogen and oxygen atoms in total. The van der Waals surface area contributed by atoms with Gasteiger partial charge < -0.3 is 11.1 Å². The number of rotatable bonds is 6. The van der Waals surface area contributed by atoms with Crippen molar-refractivity contribution in [3.05, 3.63) is 29.8 Å². The van der Waals surface area contributed by atoms with Gasteiger partial charge in [-0.25, -0.2) is 13.1 Å². The summed E-state index contributed by atoms with van der Waals surface area (Å²) < 4.78 is 26.8. The number of carbonyl (C=O) groups excluding carboxylic acids is 1. The summed E-state index contributed by atoms with van der Waals surface area (Å²) in [6.45, 7) is 3.63. The highest BCUT2D eigenvalue weighted by Gasteiger charge is 2.28. The molecule has 1 amide bonds. The van der Waals surface area contributed by atoms with E-state index in [0.29, 0.717) is 0 Å². The minimum atomic E-state index is -3.65. The van der Waals surface area contributed by atoms with Gasteiger partial charge in [-0.2, -0.15) is 0 Å². The third kappa shape index (κ3) is 4.03. The van der Waals surface area contributed by atoms with E-state index in [4.69, 9.17) is 5.73 Å². The number of sulfonamides is 1. The summed E-state index contributed by atoms with van der Waals surface area (Å²) in [5.41, 5.74) is 5.40. The van der Waals surface area contributed by atoms with Crippen LogP contribution in [0.1, 0.15) is 19.4 Å². The Balaban J connectivity index is 2.88. The van der Waals surface area contributed by atoms with Crippen molar-refractivity contribution < 1.29 is 13.2 Å². The number of nitrogens with one attached hydrogen (secondary N) is 2. The van der Waals surface area contributed by atoms with E-state index in [1.807, 2.05) is 0 Å². The van der Waals surface area contributed by atoms with Crippen LogP contribution < -0.4 is 15.8 Å². The third-order valence-corrected chi connectivity index (χ3v) is 4.39. The molecule has 0 heterocycles. The van der Waals surface area contributed by atoms with Gasteiger partial charge in [0.2, 0.25) is 15.9 Å². The summed E-state index contributed by atoms with van der Waals surface area (Å²) in [5, 5.41) is 2.51. The maximum atomic E-state index is 12.2. The topological polar surface area (TPSA) is 101 Å². The average molecular weight is 299 g/mol. The zero-order valence-electron chi connectivity index (χ0n) is 11.9. The first kappa shape index (κ1) is 16.6. The standard InChI is InChI=1S/C13H21N3O3S/c1-13(2,12(17)15-3)9-16-20(18,19)11-6-4-5-10(7-11)8-14/h4-7,16H,8-9,14H2,1-3H3,(H,15,17). The summed E-state index contributed by atoms with van der Waals surface area (Å²) >= 11 is 0. The van der Waals surface area contributed by atoms with Crippen LogP contribution in [0, 0.1) is 5.41 Å². The first-order valence-corrected chi connectivity index (χ1v) is 7.72. The fourth-order valence-electron chi connectivity index (χ4n) is 1.62. The van der Waals surface area contributed by atoms with Crippen molar-refractivity contribution in [3.63, 3.8) is 0 Å². The maximum Gasteiger partial charge on any atom is 0.240 e. The molecule has 1 aromatic rings. The smallest absolute Gasteiger partial charge is 0.240 e. The molecule has 0 aliphatic rings. The van der Waals surface area contributed by atoms with Crippen molar-refractivity contribution >= 4 is 15.9 Å². The molecule has 0 aromatic heterocycles. The van der Waals surface area contributed by atoms with E-state index in [0.717, 1.165) is 5.56 Å². The first-order valence-electron chi connectivity index (χ1n) is 6.24. The van der Waals surface area contributed by atoms with Crippen molar-refractivity contribution in [2.75, 3.05) is 13.6 Å². The second-order valence-corrected chi connectivity index (χ2v) is 6.91. The molecule has 0 atom stereocenters. The monoisotopic (exact) mass is 299 g/mol. The molecule has 0 aliphatic carbocycles. The zero-order valence-corrected chi connectivity index (χ0v) is 12.8. The Labute approximate surface area is 119 Å². The Kier molecular flexibility index (Phi) is 5.27. The van der Waals surface area contributed by atoms with E-state index >= 15 is 0 Å². The second-order valence-electron chi connectivity index (χ2n) is 5.14. The highest BCUT2D eigenvalue weighted by atomic mass is 32.2. The molecule has 112 valence electrons. The molecule has 7 heteroatoms. The van der Waals surface area contributed by atoms with E-state index in [-0.39, 0.29) is 23.9 Å². The maximum absolute atomic E-state index is 12.2. The van der Waals surface area contributed by atoms with Crippen LogP contribution in [0.15, 0.2) is 29.2 Å². The van der Waals surface area contributed by atoms with Crippen molar-refractivity contribution in [1.82, 2.24) is 10.0 Å². The summed E-state index contributed by atoms with van der Waals surface area (Å²) in [6.07, 6.45) is 0. The summed E-state index contributed by atoms with van der Waals surface area (Å²) in [6, 6.07) is 6.41. The van der Waals surface area contributed by atoms with Crippen LogP contribution in [0.5, 0.6) is 0 Å². The van der Waals surface area contributed by atoms with Crippen LogP contribution in [0.25, 0.3) is 0 Å². The van der Waals surface area contributed by atoms with Crippen LogP contribution in [0.3, 0.4) is 0 Å². The lowest BCUT2D eigenvalue weighted by atomic mass is 9.93. The SMILES string of the molecule is CNC(=O)C(C)(C)CNS(=O)(=O)c1cccc(CN)c1. The van der Waals surface area contributed by atoms with Crippen LogP contribution in [0.2, 0.25) is 0 Å². The quantitative estimate of drug-likeness (QED) is 0.698. The Hall–Kier alpha value is -1.44. The molecule has 0 bridgehead atoms. The molecule has 0 saturated carbocycles. The summed E-state index contributed by atoms with van der Waals surface area (Å²) in [4.78, 5) is 11.8. The third-order valence-electron chi connectivity index (χ3n) is 2.99. The van der Waals surface area contributed by atoms with Gasteiger partial charge in [0.1, 0.15) is 0 Å². The number of amides is 1. The molecule has 1 aromatic carbocycles. The van der Waals surface area contributed by atoms with Gasteiger partial charge in [-0.1, -0.05) is 12.1 Å². The summed E-state index contributed by atoms with van der Waals surface area (Å²) in [7, 11) is -2.14. The molecule has 0 fully saturated rings. The molecular weight excluding hydrogens is 278 g/mol. The van der Waals surface area contributed by atoms with Crippen LogP contribution >= 0.6 is 0 Å². The average Bonchev–Trinajstić information content (AvgIpc) is 2.44. The van der Waals surface area contributed by atoms with Crippen LogP contribution in [-0.2, 0) is 21.4 Å². The highest BCUT2D eigenvalue weighted by Crippen LogP contribution is 2.16. The molecule has 4 N–H and O–H groups in total. The van der Waals surface area contributed by atoms with E-state index < -0.39 is 15.4 Å². The number of nitrogens with two attached hydrogens (primary N) is 1. The Morgan fingerprint density at radius 1 is 1.35 bits per heavy atom. The second kappa shape index (κ2) is 6.34. The van der Waals surface area contributed by atoms with E-state index in [1.54, 1.807) is 26.0 Å². The van der Waals surface area contributed by atoms with Crippen molar-refractivity contribution in [2.45, 2.75) is 25.3 Å². The van der Waals surface area contributed by atoms with Crippen LogP contribution in [0.4, 0.5) is 0 Å².